The number of unbranched alkanes of at least 4 members (excludes halogenated alkanes) is 2. The van der Waals surface area contributed by atoms with Crippen molar-refractivity contribution in [2.45, 2.75) is 51.2 Å². The summed E-state index contributed by atoms with van der Waals surface area (Å²) in [5.74, 6) is -8.84. The number of alkyl halides is 7. The summed E-state index contributed by atoms with van der Waals surface area (Å²) >= 11 is 0. The Morgan fingerprint density at radius 2 is 1.21 bits per heavy atom. The van der Waals surface area contributed by atoms with Crippen LogP contribution in [0.4, 0.5) is 43.9 Å². The third-order valence-electron chi connectivity index (χ3n) is 5.29. The van der Waals surface area contributed by atoms with E-state index in [2.05, 4.69) is 14.2 Å². The minimum atomic E-state index is -5.45. The van der Waals surface area contributed by atoms with Crippen LogP contribution < -0.4 is 14.2 Å². The standard InChI is InChI=1S/C26H20F10O3/c1-2-3-4-5-15-6-11-19(20(27)12-15)25(32,33)37-17-9-7-16(8-10-17)24(30,31)38-18-13-21(28)23(22(29)14-18)39-26(34,35)36/h6-14H,2-5H2,1H3. The summed E-state index contributed by atoms with van der Waals surface area (Å²) in [6.45, 7) is 1.98. The van der Waals surface area contributed by atoms with Crippen molar-refractivity contribution >= 4 is 0 Å². The van der Waals surface area contributed by atoms with Crippen LogP contribution in [0, 0.1) is 17.5 Å². The quantitative estimate of drug-likeness (QED) is 0.170. The second kappa shape index (κ2) is 11.6. The third kappa shape index (κ3) is 7.93. The molecule has 0 radical (unpaired) electrons. The first-order valence-corrected chi connectivity index (χ1v) is 11.4. The Kier molecular flexibility index (Phi) is 8.91. The fourth-order valence-electron chi connectivity index (χ4n) is 3.47. The first kappa shape index (κ1) is 29.9. The lowest BCUT2D eigenvalue weighted by Crippen LogP contribution is -2.24. The first-order chi connectivity index (χ1) is 18.1. The zero-order chi connectivity index (χ0) is 29.0. The molecule has 0 heterocycles. The van der Waals surface area contributed by atoms with Gasteiger partial charge in [0.05, 0.1) is 11.1 Å². The lowest BCUT2D eigenvalue weighted by atomic mass is 10.0. The van der Waals surface area contributed by atoms with E-state index in [1.165, 1.54) is 6.07 Å². The summed E-state index contributed by atoms with van der Waals surface area (Å²) < 4.78 is 149. The monoisotopic (exact) mass is 570 g/mol. The molecule has 3 rings (SSSR count). The molecule has 0 bridgehead atoms. The van der Waals surface area contributed by atoms with E-state index in [0.717, 1.165) is 31.4 Å². The zero-order valence-corrected chi connectivity index (χ0v) is 20.0. The van der Waals surface area contributed by atoms with Crippen LogP contribution in [-0.4, -0.2) is 6.36 Å². The van der Waals surface area contributed by atoms with Crippen LogP contribution in [0.1, 0.15) is 42.9 Å². The fraction of sp³-hybridized carbons (Fsp3) is 0.308. The third-order valence-corrected chi connectivity index (χ3v) is 5.29. The van der Waals surface area contributed by atoms with Crippen LogP contribution >= 0.6 is 0 Å². The molecule has 13 heteroatoms. The van der Waals surface area contributed by atoms with E-state index < -0.39 is 64.4 Å². The second-order valence-corrected chi connectivity index (χ2v) is 8.30. The Morgan fingerprint density at radius 1 is 0.615 bits per heavy atom. The highest BCUT2D eigenvalue weighted by Crippen LogP contribution is 2.38. The van der Waals surface area contributed by atoms with Gasteiger partial charge in [-0.2, -0.15) is 17.6 Å². The number of halogens is 10. The second-order valence-electron chi connectivity index (χ2n) is 8.30. The minimum absolute atomic E-state index is 0.0414. The van der Waals surface area contributed by atoms with Gasteiger partial charge in [-0.3, -0.25) is 0 Å². The molecule has 3 aromatic rings. The largest absolute Gasteiger partial charge is 0.573 e. The van der Waals surface area contributed by atoms with Crippen molar-refractivity contribution in [3.05, 3.63) is 88.7 Å². The topological polar surface area (TPSA) is 27.7 Å². The molecular weight excluding hydrogens is 550 g/mol. The Balaban J connectivity index is 1.72. The van der Waals surface area contributed by atoms with Gasteiger partial charge in [0, 0.05) is 12.1 Å². The van der Waals surface area contributed by atoms with Gasteiger partial charge in [0.2, 0.25) is 5.75 Å². The maximum absolute atomic E-state index is 14.6. The Bertz CT molecular complexity index is 1250. The van der Waals surface area contributed by atoms with E-state index in [0.29, 0.717) is 36.2 Å². The van der Waals surface area contributed by atoms with Crippen LogP contribution in [0.15, 0.2) is 54.6 Å². The summed E-state index contributed by atoms with van der Waals surface area (Å²) in [5, 5.41) is 0. The summed E-state index contributed by atoms with van der Waals surface area (Å²) in [6, 6.07) is 5.82. The first-order valence-electron chi connectivity index (χ1n) is 11.4. The van der Waals surface area contributed by atoms with Gasteiger partial charge in [-0.25, -0.2) is 13.2 Å². The van der Waals surface area contributed by atoms with Crippen LogP contribution in [0.3, 0.4) is 0 Å². The highest BCUT2D eigenvalue weighted by Gasteiger charge is 2.39. The van der Waals surface area contributed by atoms with E-state index >= 15 is 0 Å². The molecule has 0 fully saturated rings. The van der Waals surface area contributed by atoms with Crippen molar-refractivity contribution < 1.29 is 58.1 Å². The minimum Gasteiger partial charge on any atom is -0.429 e. The van der Waals surface area contributed by atoms with Gasteiger partial charge < -0.3 is 14.2 Å². The molecule has 0 saturated carbocycles. The number of rotatable bonds is 11. The number of ether oxygens (including phenoxy) is 3. The molecule has 39 heavy (non-hydrogen) atoms. The van der Waals surface area contributed by atoms with Gasteiger partial charge >= 0.3 is 18.6 Å². The van der Waals surface area contributed by atoms with E-state index in [4.69, 9.17) is 0 Å². The summed E-state index contributed by atoms with van der Waals surface area (Å²) in [6.07, 6.45) is -10.9. The Morgan fingerprint density at radius 3 is 1.74 bits per heavy atom. The predicted octanol–water partition coefficient (Wildman–Crippen LogP) is 8.99. The maximum Gasteiger partial charge on any atom is 0.573 e. The molecule has 0 unspecified atom stereocenters. The maximum atomic E-state index is 14.6. The van der Waals surface area contributed by atoms with E-state index in [1.807, 2.05) is 6.92 Å². The highest BCUT2D eigenvalue weighted by atomic mass is 19.4. The summed E-state index contributed by atoms with van der Waals surface area (Å²) in [5.41, 5.74) is -1.53. The van der Waals surface area contributed by atoms with Gasteiger partial charge in [-0.05, 0) is 54.8 Å². The average Bonchev–Trinajstić information content (AvgIpc) is 2.81. The lowest BCUT2D eigenvalue weighted by Gasteiger charge is -2.21. The molecular formula is C26H20F10O3. The molecule has 0 saturated heterocycles. The van der Waals surface area contributed by atoms with Gasteiger partial charge in [0.1, 0.15) is 17.3 Å². The van der Waals surface area contributed by atoms with Crippen molar-refractivity contribution in [2.24, 2.45) is 0 Å². The summed E-state index contributed by atoms with van der Waals surface area (Å²) in [4.78, 5) is 0. The van der Waals surface area contributed by atoms with Crippen LogP contribution in [-0.2, 0) is 18.6 Å². The average molecular weight is 570 g/mol. The molecule has 0 N–H and O–H groups in total. The van der Waals surface area contributed by atoms with Crippen molar-refractivity contribution in [3.63, 3.8) is 0 Å². The SMILES string of the molecule is CCCCCc1ccc(C(F)(F)Oc2ccc(C(F)(F)Oc3cc(F)c(OC(F)(F)F)c(F)c3)cc2)c(F)c1. The molecule has 0 aliphatic rings. The predicted molar refractivity (Wildman–Crippen MR) is 118 cm³/mol. The normalized spacial score (nSPS) is 12.4. The van der Waals surface area contributed by atoms with E-state index in [-0.39, 0.29) is 12.1 Å². The number of hydrogen-bond acceptors (Lipinski definition) is 3. The molecule has 0 aliphatic carbocycles. The van der Waals surface area contributed by atoms with E-state index in [9.17, 15) is 43.9 Å². The van der Waals surface area contributed by atoms with Crippen molar-refractivity contribution in [2.75, 3.05) is 0 Å². The zero-order valence-electron chi connectivity index (χ0n) is 20.0. The smallest absolute Gasteiger partial charge is 0.429 e. The fourth-order valence-corrected chi connectivity index (χ4v) is 3.47. The molecule has 3 aromatic carbocycles. The van der Waals surface area contributed by atoms with Gasteiger partial charge in [-0.15, -0.1) is 13.2 Å². The molecule has 212 valence electrons. The number of aryl methyl sites for hydroxylation is 1. The van der Waals surface area contributed by atoms with Crippen molar-refractivity contribution in [3.8, 4) is 17.2 Å². The lowest BCUT2D eigenvalue weighted by molar-refractivity contribution is -0.276. The summed E-state index contributed by atoms with van der Waals surface area (Å²) in [7, 11) is 0. The molecule has 3 nitrogen and oxygen atoms in total. The van der Waals surface area contributed by atoms with Crippen molar-refractivity contribution in [1.29, 1.82) is 0 Å². The van der Waals surface area contributed by atoms with Gasteiger partial charge in [0.15, 0.2) is 11.6 Å². The molecule has 0 spiro atoms. The van der Waals surface area contributed by atoms with Crippen molar-refractivity contribution in [1.82, 2.24) is 0 Å². The molecule has 0 atom stereocenters. The number of hydrogen-bond donors (Lipinski definition) is 0. The molecule has 0 aromatic heterocycles. The van der Waals surface area contributed by atoms with Gasteiger partial charge in [-0.1, -0.05) is 25.8 Å². The van der Waals surface area contributed by atoms with E-state index in [1.54, 1.807) is 0 Å². The van der Waals surface area contributed by atoms with Crippen LogP contribution in [0.5, 0.6) is 17.2 Å². The van der Waals surface area contributed by atoms with Crippen LogP contribution in [0.2, 0.25) is 0 Å². The number of benzene rings is 3. The molecule has 0 amide bonds. The van der Waals surface area contributed by atoms with Crippen LogP contribution in [0.25, 0.3) is 0 Å². The van der Waals surface area contributed by atoms with Gasteiger partial charge in [0.25, 0.3) is 0 Å². The Labute approximate surface area is 215 Å². The highest BCUT2D eigenvalue weighted by molar-refractivity contribution is 5.37. The molecule has 0 aliphatic heterocycles. The Hall–Kier alpha value is -3.64.